The van der Waals surface area contributed by atoms with Crippen molar-refractivity contribution in [2.24, 2.45) is 0 Å². The summed E-state index contributed by atoms with van der Waals surface area (Å²) in [5.74, 6) is 2.00. The summed E-state index contributed by atoms with van der Waals surface area (Å²) in [5.41, 5.74) is 11.2. The van der Waals surface area contributed by atoms with E-state index in [1.54, 1.807) is 0 Å². The molecule has 0 bridgehead atoms. The molecule has 6 heteroatoms. The molecule has 0 radical (unpaired) electrons. The minimum atomic E-state index is -0.0914. The van der Waals surface area contributed by atoms with Crippen LogP contribution in [0.15, 0.2) is 176 Å². The van der Waals surface area contributed by atoms with Crippen LogP contribution in [0.25, 0.3) is 72.4 Å². The molecule has 0 fully saturated rings. The summed E-state index contributed by atoms with van der Waals surface area (Å²) in [7, 11) is 0. The molecule has 284 valence electrons. The molecule has 7 aromatic carbocycles. The van der Waals surface area contributed by atoms with Gasteiger partial charge >= 0.3 is 0 Å². The Morgan fingerprint density at radius 1 is 0.586 bits per heavy atom. The van der Waals surface area contributed by atoms with Crippen LogP contribution in [0.5, 0.6) is 11.5 Å². The largest absolute Gasteiger partial charge is 0.510 e. The van der Waals surface area contributed by atoms with E-state index >= 15 is 0 Å². The predicted octanol–water partition coefficient (Wildman–Crippen LogP) is 12.2. The summed E-state index contributed by atoms with van der Waals surface area (Å²) in [6.45, 7) is 6.73. The summed E-state index contributed by atoms with van der Waals surface area (Å²) in [5, 5.41) is 2.21. The van der Waals surface area contributed by atoms with Crippen LogP contribution in [0.2, 0.25) is 0 Å². The van der Waals surface area contributed by atoms with Crippen LogP contribution in [0.3, 0.4) is 0 Å². The zero-order chi connectivity index (χ0) is 38.5. The Morgan fingerprint density at radius 3 is 2.05 bits per heavy atom. The van der Waals surface area contributed by atoms with Crippen LogP contribution < -0.4 is 9.30 Å². The van der Waals surface area contributed by atoms with Crippen molar-refractivity contribution in [2.75, 3.05) is 0 Å². The minimum Gasteiger partial charge on any atom is -0.510 e. The third-order valence-corrected chi connectivity index (χ3v) is 10.5. The maximum Gasteiger partial charge on any atom is 0.268 e. The Morgan fingerprint density at radius 2 is 1.26 bits per heavy atom. The summed E-state index contributed by atoms with van der Waals surface area (Å²) in [6.07, 6.45) is 3.65. The van der Waals surface area contributed by atoms with Crippen molar-refractivity contribution in [1.82, 2.24) is 14.1 Å². The first-order valence-corrected chi connectivity index (χ1v) is 19.2. The normalized spacial score (nSPS) is 11.6. The number of hydrogen-bond donors (Lipinski definition) is 0. The Hall–Kier alpha value is -6.55. The second kappa shape index (κ2) is 15.1. The van der Waals surface area contributed by atoms with Crippen molar-refractivity contribution in [1.29, 1.82) is 0 Å². The predicted molar refractivity (Wildman–Crippen MR) is 230 cm³/mol. The van der Waals surface area contributed by atoms with Gasteiger partial charge in [0.25, 0.3) is 6.33 Å². The van der Waals surface area contributed by atoms with E-state index in [0.29, 0.717) is 11.5 Å². The number of imidazole rings is 1. The number of nitrogens with zero attached hydrogens (tertiary/aromatic N) is 4. The van der Waals surface area contributed by atoms with Gasteiger partial charge < -0.3 is 13.9 Å². The number of para-hydroxylation sites is 4. The third-order valence-electron chi connectivity index (χ3n) is 10.5. The molecule has 0 unspecified atom stereocenters. The number of hydrogen-bond acceptors (Lipinski definition) is 2. The molecule has 58 heavy (non-hydrogen) atoms. The standard InChI is InChI=1S/C52H38N4O.Pt/c1-52(2,3)38-31-45(37-19-8-5-9-20-37)53-51(32-38)56-47-26-13-11-24-43(47)44-30-29-41(34-50(44)56)57-40-22-16-21-39(33-40)54-35-55(49-28-15-14-27-48(49)54)46-25-12-10-23-42(46)36-17-6-4-7-18-36;/h4-32H,1-3H3;/q-2;. The molecule has 0 atom stereocenters. The van der Waals surface area contributed by atoms with E-state index in [-0.39, 0.29) is 26.5 Å². The average molecular weight is 930 g/mol. The van der Waals surface area contributed by atoms with Crippen molar-refractivity contribution < 1.29 is 30.4 Å². The van der Waals surface area contributed by atoms with Gasteiger partial charge in [0.2, 0.25) is 0 Å². The minimum absolute atomic E-state index is 0. The molecule has 0 N–H and O–H groups in total. The topological polar surface area (TPSA) is 35.9 Å². The van der Waals surface area contributed by atoms with Crippen molar-refractivity contribution >= 4 is 32.8 Å². The Labute approximate surface area is 352 Å². The third kappa shape index (κ3) is 6.72. The Kier molecular flexibility index (Phi) is 9.63. The van der Waals surface area contributed by atoms with Crippen LogP contribution in [-0.2, 0) is 26.5 Å². The number of fused-ring (bicyclic) bond motifs is 4. The number of ether oxygens (including phenoxy) is 1. The Balaban J connectivity index is 0.00000436. The molecular weight excluding hydrogens is 892 g/mol. The number of benzene rings is 7. The monoisotopic (exact) mass is 929 g/mol. The van der Waals surface area contributed by atoms with Gasteiger partial charge in [0.1, 0.15) is 5.82 Å². The van der Waals surface area contributed by atoms with Crippen molar-refractivity contribution in [3.63, 3.8) is 0 Å². The van der Waals surface area contributed by atoms with Gasteiger partial charge in [-0.3, -0.25) is 4.57 Å². The first-order chi connectivity index (χ1) is 27.9. The van der Waals surface area contributed by atoms with E-state index in [4.69, 9.17) is 9.72 Å². The van der Waals surface area contributed by atoms with Crippen LogP contribution in [0, 0.1) is 18.5 Å². The van der Waals surface area contributed by atoms with Crippen molar-refractivity contribution in [2.45, 2.75) is 26.2 Å². The van der Waals surface area contributed by atoms with Gasteiger partial charge in [-0.15, -0.1) is 29.7 Å². The van der Waals surface area contributed by atoms with Gasteiger partial charge in [-0.2, -0.15) is 18.2 Å². The summed E-state index contributed by atoms with van der Waals surface area (Å²) in [6, 6.07) is 67.8. The fourth-order valence-electron chi connectivity index (χ4n) is 7.68. The van der Waals surface area contributed by atoms with Gasteiger partial charge in [-0.05, 0) is 57.4 Å². The van der Waals surface area contributed by atoms with Crippen molar-refractivity contribution in [3.05, 3.63) is 200 Å². The quantitative estimate of drug-likeness (QED) is 0.118. The van der Waals surface area contributed by atoms with Gasteiger partial charge in [0.05, 0.1) is 22.4 Å². The first-order valence-electron chi connectivity index (χ1n) is 19.2. The second-order valence-corrected chi connectivity index (χ2v) is 15.3. The zero-order valence-electron chi connectivity index (χ0n) is 32.3. The zero-order valence-corrected chi connectivity index (χ0v) is 34.5. The van der Waals surface area contributed by atoms with E-state index in [1.807, 2.05) is 41.0 Å². The summed E-state index contributed by atoms with van der Waals surface area (Å²) < 4.78 is 13.0. The van der Waals surface area contributed by atoms with E-state index in [2.05, 4.69) is 188 Å². The van der Waals surface area contributed by atoms with Crippen LogP contribution >= 0.6 is 0 Å². The molecule has 0 amide bonds. The molecule has 0 saturated carbocycles. The molecule has 0 aliphatic rings. The molecule has 10 aromatic rings. The van der Waals surface area contributed by atoms with Crippen LogP contribution in [-0.4, -0.2) is 14.1 Å². The molecule has 3 heterocycles. The SMILES string of the molecule is CC(C)(C)c1cc(-c2ccccc2)nc(-n2c3[c-]c(Oc4[c-]c(-n5[c-][n+](-c6ccccc6-c6ccccc6)c6ccccc65)ccc4)ccc3c3ccccc32)c1.[Pt]. The van der Waals surface area contributed by atoms with Crippen LogP contribution in [0.4, 0.5) is 0 Å². The maximum absolute atomic E-state index is 6.61. The molecule has 0 aliphatic carbocycles. The molecule has 0 spiro atoms. The second-order valence-electron chi connectivity index (χ2n) is 15.3. The molecule has 0 aliphatic heterocycles. The summed E-state index contributed by atoms with van der Waals surface area (Å²) in [4.78, 5) is 5.28. The first kappa shape index (κ1) is 37.0. The van der Waals surface area contributed by atoms with E-state index in [9.17, 15) is 0 Å². The van der Waals surface area contributed by atoms with Crippen molar-refractivity contribution in [3.8, 4) is 51.1 Å². The van der Waals surface area contributed by atoms with E-state index in [0.717, 1.165) is 72.4 Å². The number of aromatic nitrogens is 4. The van der Waals surface area contributed by atoms with E-state index < -0.39 is 0 Å². The maximum atomic E-state index is 6.61. The molecule has 3 aromatic heterocycles. The number of rotatable bonds is 7. The number of pyridine rings is 1. The van der Waals surface area contributed by atoms with E-state index in [1.165, 1.54) is 5.56 Å². The fourth-order valence-corrected chi connectivity index (χ4v) is 7.68. The van der Waals surface area contributed by atoms with Crippen LogP contribution in [0.1, 0.15) is 26.3 Å². The van der Waals surface area contributed by atoms with Gasteiger partial charge in [0.15, 0.2) is 0 Å². The molecular formula is C52H38N4OPt-2. The van der Waals surface area contributed by atoms with Gasteiger partial charge in [0, 0.05) is 43.6 Å². The molecule has 5 nitrogen and oxygen atoms in total. The molecule has 0 saturated heterocycles. The summed E-state index contributed by atoms with van der Waals surface area (Å²) >= 11 is 0. The smallest absolute Gasteiger partial charge is 0.268 e. The average Bonchev–Trinajstić information content (AvgIpc) is 3.80. The fraction of sp³-hybridized carbons (Fsp3) is 0.0769. The van der Waals surface area contributed by atoms with Gasteiger partial charge in [-0.1, -0.05) is 148 Å². The Bertz CT molecular complexity index is 3090. The molecule has 10 rings (SSSR count). The van der Waals surface area contributed by atoms with Gasteiger partial charge in [-0.25, -0.2) is 4.98 Å².